The zero-order chi connectivity index (χ0) is 15.3. The molecule has 1 N–H and O–H groups in total. The first-order valence-corrected chi connectivity index (χ1v) is 8.59. The van der Waals surface area contributed by atoms with Crippen LogP contribution in [-0.2, 0) is 4.79 Å². The number of nitrogens with zero attached hydrogens (tertiary/aromatic N) is 1. The number of carbonyl (C=O) groups excluding carboxylic acids is 1. The van der Waals surface area contributed by atoms with Gasteiger partial charge in [0, 0.05) is 31.4 Å². The third-order valence-electron chi connectivity index (χ3n) is 3.30. The van der Waals surface area contributed by atoms with Crippen LogP contribution in [0.2, 0.25) is 0 Å². The van der Waals surface area contributed by atoms with Crippen molar-refractivity contribution in [3.63, 3.8) is 0 Å². The van der Waals surface area contributed by atoms with Crippen molar-refractivity contribution in [3.05, 3.63) is 17.5 Å². The summed E-state index contributed by atoms with van der Waals surface area (Å²) in [6, 6.07) is 4.27. The Labute approximate surface area is 129 Å². The van der Waals surface area contributed by atoms with Gasteiger partial charge in [-0.2, -0.15) is 13.2 Å². The van der Waals surface area contributed by atoms with Gasteiger partial charge in [-0.3, -0.25) is 4.79 Å². The van der Waals surface area contributed by atoms with Crippen LogP contribution in [0.1, 0.15) is 12.8 Å². The Hall–Kier alpha value is -0.730. The maximum atomic E-state index is 12.3. The molecule has 118 valence electrons. The normalized spacial score (nSPS) is 17.2. The highest BCUT2D eigenvalue weighted by Gasteiger charge is 2.43. The van der Waals surface area contributed by atoms with Crippen LogP contribution < -0.4 is 5.32 Å². The molecule has 0 aromatic carbocycles. The number of thiophene rings is 1. The smallest absolute Gasteiger partial charge is 0.335 e. The highest BCUT2D eigenvalue weighted by molar-refractivity contribution is 8.01. The van der Waals surface area contributed by atoms with Crippen molar-refractivity contribution in [1.82, 2.24) is 10.2 Å². The number of piperidine rings is 1. The van der Waals surface area contributed by atoms with Crippen LogP contribution in [0.3, 0.4) is 0 Å². The van der Waals surface area contributed by atoms with Crippen molar-refractivity contribution in [3.8, 4) is 0 Å². The Bertz CT molecular complexity index is 443. The summed E-state index contributed by atoms with van der Waals surface area (Å²) in [6.45, 7) is 1.17. The van der Waals surface area contributed by atoms with E-state index in [0.29, 0.717) is 12.8 Å². The molecular formula is C13H17F3N2OS2. The fourth-order valence-electron chi connectivity index (χ4n) is 2.23. The van der Waals surface area contributed by atoms with Gasteiger partial charge in [-0.25, -0.2) is 0 Å². The summed E-state index contributed by atoms with van der Waals surface area (Å²) in [7, 11) is 0. The molecule has 0 unspecified atom stereocenters. The first-order chi connectivity index (χ1) is 9.97. The Morgan fingerprint density at radius 2 is 2.14 bits per heavy atom. The summed E-state index contributed by atoms with van der Waals surface area (Å²) >= 11 is 3.47. The summed E-state index contributed by atoms with van der Waals surface area (Å²) in [6.07, 6.45) is -3.60. The second-order valence-corrected chi connectivity index (χ2v) is 7.14. The lowest BCUT2D eigenvalue weighted by molar-refractivity contribution is -0.186. The monoisotopic (exact) mass is 338 g/mol. The molecule has 21 heavy (non-hydrogen) atoms. The molecule has 1 amide bonds. The predicted molar refractivity (Wildman–Crippen MR) is 78.7 cm³/mol. The Morgan fingerprint density at radius 3 is 2.71 bits per heavy atom. The number of carbonyl (C=O) groups is 1. The number of hydrogen-bond donors (Lipinski definition) is 1. The van der Waals surface area contributed by atoms with E-state index >= 15 is 0 Å². The van der Waals surface area contributed by atoms with Crippen LogP contribution in [-0.4, -0.2) is 48.4 Å². The second-order valence-electron chi connectivity index (χ2n) is 4.80. The van der Waals surface area contributed by atoms with Crippen molar-refractivity contribution < 1.29 is 18.0 Å². The molecule has 1 aliphatic rings. The molecule has 1 aromatic heterocycles. The van der Waals surface area contributed by atoms with E-state index < -0.39 is 12.1 Å². The number of halogens is 3. The molecular weight excluding hydrogens is 321 g/mol. The third kappa shape index (κ3) is 5.19. The molecule has 1 aromatic rings. The van der Waals surface area contributed by atoms with Gasteiger partial charge in [0.15, 0.2) is 0 Å². The number of nitrogens with one attached hydrogen (secondary N) is 1. The predicted octanol–water partition coefficient (Wildman–Crippen LogP) is 2.98. The van der Waals surface area contributed by atoms with Gasteiger partial charge in [0.1, 0.15) is 0 Å². The Kier molecular flexibility index (Phi) is 5.95. The topological polar surface area (TPSA) is 32.3 Å². The number of alkyl halides is 3. The average molecular weight is 338 g/mol. The number of amides is 1. The van der Waals surface area contributed by atoms with Gasteiger partial charge in [0.05, 0.1) is 4.21 Å². The molecule has 1 saturated heterocycles. The lowest BCUT2D eigenvalue weighted by atomic mass is 10.1. The molecule has 2 rings (SSSR count). The molecule has 0 atom stereocenters. The second kappa shape index (κ2) is 7.51. The molecule has 0 saturated carbocycles. The van der Waals surface area contributed by atoms with Crippen LogP contribution >= 0.6 is 23.1 Å². The minimum absolute atomic E-state index is 0.175. The Balaban J connectivity index is 1.62. The van der Waals surface area contributed by atoms with Gasteiger partial charge in [0.25, 0.3) is 0 Å². The number of hydrogen-bond acceptors (Lipinski definition) is 4. The van der Waals surface area contributed by atoms with Gasteiger partial charge in [-0.05, 0) is 24.3 Å². The number of likely N-dealkylation sites (tertiary alicyclic amines) is 1. The van der Waals surface area contributed by atoms with Crippen molar-refractivity contribution in [2.75, 3.05) is 25.4 Å². The van der Waals surface area contributed by atoms with Crippen LogP contribution in [0.15, 0.2) is 21.7 Å². The van der Waals surface area contributed by atoms with E-state index in [4.69, 9.17) is 0 Å². The van der Waals surface area contributed by atoms with Gasteiger partial charge in [0.2, 0.25) is 0 Å². The third-order valence-corrected chi connectivity index (χ3v) is 5.43. The maximum absolute atomic E-state index is 12.3. The minimum atomic E-state index is -4.75. The molecule has 1 fully saturated rings. The molecule has 0 bridgehead atoms. The van der Waals surface area contributed by atoms with Crippen LogP contribution in [0, 0.1) is 0 Å². The summed E-state index contributed by atoms with van der Waals surface area (Å²) in [5.41, 5.74) is 0. The van der Waals surface area contributed by atoms with Crippen LogP contribution in [0.5, 0.6) is 0 Å². The van der Waals surface area contributed by atoms with E-state index in [0.717, 1.165) is 17.2 Å². The molecule has 0 radical (unpaired) electrons. The van der Waals surface area contributed by atoms with Crippen LogP contribution in [0.25, 0.3) is 0 Å². The number of thioether (sulfide) groups is 1. The van der Waals surface area contributed by atoms with Crippen molar-refractivity contribution >= 4 is 29.0 Å². The van der Waals surface area contributed by atoms with E-state index in [2.05, 4.69) is 11.4 Å². The van der Waals surface area contributed by atoms with Gasteiger partial charge in [-0.15, -0.1) is 23.1 Å². The van der Waals surface area contributed by atoms with E-state index in [1.54, 1.807) is 23.1 Å². The highest BCUT2D eigenvalue weighted by Crippen LogP contribution is 2.23. The standard InChI is InChI=1S/C13H17F3N2OS2/c14-13(15,16)12(19)18-6-3-10(4-7-18)17-5-9-21-11-2-1-8-20-11/h1-2,8,10,17H,3-7,9H2. The lowest BCUT2D eigenvalue weighted by Crippen LogP contribution is -2.49. The first-order valence-electron chi connectivity index (χ1n) is 6.72. The maximum Gasteiger partial charge on any atom is 0.471 e. The van der Waals surface area contributed by atoms with Crippen molar-refractivity contribution in [2.45, 2.75) is 29.3 Å². The largest absolute Gasteiger partial charge is 0.471 e. The quantitative estimate of drug-likeness (QED) is 0.662. The van der Waals surface area contributed by atoms with Gasteiger partial charge in [-0.1, -0.05) is 6.07 Å². The fourth-order valence-corrected chi connectivity index (χ4v) is 3.96. The van der Waals surface area contributed by atoms with Gasteiger partial charge < -0.3 is 10.2 Å². The molecule has 2 heterocycles. The minimum Gasteiger partial charge on any atom is -0.335 e. The number of rotatable bonds is 5. The average Bonchev–Trinajstić information content (AvgIpc) is 2.96. The first kappa shape index (κ1) is 16.6. The zero-order valence-electron chi connectivity index (χ0n) is 11.4. The van der Waals surface area contributed by atoms with Crippen molar-refractivity contribution in [2.24, 2.45) is 0 Å². The zero-order valence-corrected chi connectivity index (χ0v) is 13.0. The molecule has 3 nitrogen and oxygen atoms in total. The fraction of sp³-hybridized carbons (Fsp3) is 0.615. The van der Waals surface area contributed by atoms with E-state index in [-0.39, 0.29) is 19.1 Å². The molecule has 8 heteroatoms. The summed E-state index contributed by atoms with van der Waals surface area (Å²) in [5, 5.41) is 5.38. The lowest BCUT2D eigenvalue weighted by Gasteiger charge is -2.32. The SMILES string of the molecule is O=C(N1CCC(NCCSc2cccs2)CC1)C(F)(F)F. The van der Waals surface area contributed by atoms with Crippen LogP contribution in [0.4, 0.5) is 13.2 Å². The highest BCUT2D eigenvalue weighted by atomic mass is 32.2. The van der Waals surface area contributed by atoms with E-state index in [1.807, 2.05) is 11.4 Å². The Morgan fingerprint density at radius 1 is 1.43 bits per heavy atom. The summed E-state index contributed by atoms with van der Waals surface area (Å²) in [5.74, 6) is -0.781. The van der Waals surface area contributed by atoms with Crippen molar-refractivity contribution in [1.29, 1.82) is 0 Å². The molecule has 0 spiro atoms. The molecule has 0 aliphatic carbocycles. The van der Waals surface area contributed by atoms with E-state index in [1.165, 1.54) is 4.21 Å². The summed E-state index contributed by atoms with van der Waals surface area (Å²) < 4.78 is 38.2. The molecule has 1 aliphatic heterocycles. The summed E-state index contributed by atoms with van der Waals surface area (Å²) in [4.78, 5) is 12.0. The van der Waals surface area contributed by atoms with Gasteiger partial charge >= 0.3 is 12.1 Å². The van der Waals surface area contributed by atoms with E-state index in [9.17, 15) is 18.0 Å².